The van der Waals surface area contributed by atoms with Gasteiger partial charge in [0.05, 0.1) is 18.2 Å². The van der Waals surface area contributed by atoms with Gasteiger partial charge >= 0.3 is 12.2 Å². The summed E-state index contributed by atoms with van der Waals surface area (Å²) in [5, 5.41) is 9.96. The molecule has 2 unspecified atom stereocenters. The molecule has 1 aliphatic heterocycles. The van der Waals surface area contributed by atoms with Crippen molar-refractivity contribution in [3.63, 3.8) is 0 Å². The van der Waals surface area contributed by atoms with Crippen LogP contribution in [0.3, 0.4) is 0 Å². The van der Waals surface area contributed by atoms with Crippen molar-refractivity contribution in [1.29, 1.82) is 0 Å². The van der Waals surface area contributed by atoms with Crippen LogP contribution in [-0.2, 0) is 6.18 Å². The van der Waals surface area contributed by atoms with E-state index in [0.29, 0.717) is 21.9 Å². The Morgan fingerprint density at radius 1 is 1.41 bits per heavy atom. The molecule has 2 atom stereocenters. The molecule has 0 bridgehead atoms. The van der Waals surface area contributed by atoms with Gasteiger partial charge in [0.2, 0.25) is 0 Å². The molecule has 1 aliphatic rings. The van der Waals surface area contributed by atoms with Gasteiger partial charge in [-0.1, -0.05) is 0 Å². The molecule has 1 fully saturated rings. The third-order valence-electron chi connectivity index (χ3n) is 3.29. The van der Waals surface area contributed by atoms with Crippen molar-refractivity contribution in [1.82, 2.24) is 9.88 Å². The van der Waals surface area contributed by atoms with Crippen LogP contribution in [0, 0.1) is 0 Å². The van der Waals surface area contributed by atoms with Crippen molar-refractivity contribution >= 4 is 11.8 Å². The lowest BCUT2D eigenvalue weighted by molar-refractivity contribution is -0.137. The van der Waals surface area contributed by atoms with E-state index < -0.39 is 48.8 Å². The highest BCUT2D eigenvalue weighted by Gasteiger charge is 2.45. The number of carbonyl (C=O) groups excluding carboxylic acids is 1. The van der Waals surface area contributed by atoms with Crippen LogP contribution in [-0.4, -0.2) is 46.3 Å². The van der Waals surface area contributed by atoms with Crippen LogP contribution in [0.25, 0.3) is 0 Å². The van der Waals surface area contributed by atoms with E-state index in [9.17, 15) is 31.9 Å². The monoisotopic (exact) mass is 325 g/mol. The van der Waals surface area contributed by atoms with Gasteiger partial charge in [-0.15, -0.1) is 0 Å². The van der Waals surface area contributed by atoms with Crippen molar-refractivity contribution in [2.24, 2.45) is 0 Å². The Morgan fingerprint density at radius 3 is 2.59 bits per heavy atom. The first-order valence-corrected chi connectivity index (χ1v) is 6.22. The standard InChI is InChI=1S/C12H12F5N3O2/c1-6-10(21)20(11(22)19(6)5-8(13)14)9-4-7(2-3-18-9)12(15,16)17/h2-4,6,8,10,21H,5H2,1H3. The fourth-order valence-electron chi connectivity index (χ4n) is 2.16. The number of hydrogen-bond acceptors (Lipinski definition) is 3. The maximum Gasteiger partial charge on any atom is 0.416 e. The molecule has 0 aromatic carbocycles. The minimum Gasteiger partial charge on any atom is -0.371 e. The van der Waals surface area contributed by atoms with Gasteiger partial charge in [0.1, 0.15) is 5.82 Å². The van der Waals surface area contributed by atoms with Gasteiger partial charge in [-0.2, -0.15) is 13.2 Å². The van der Waals surface area contributed by atoms with Crippen LogP contribution in [0.5, 0.6) is 0 Å². The number of amides is 2. The molecular weight excluding hydrogens is 313 g/mol. The number of anilines is 1. The maximum absolute atomic E-state index is 12.7. The average Bonchev–Trinajstić information content (AvgIpc) is 2.62. The average molecular weight is 325 g/mol. The number of halogens is 5. The first kappa shape index (κ1) is 16.4. The Labute approximate surface area is 122 Å². The lowest BCUT2D eigenvalue weighted by Gasteiger charge is -2.19. The van der Waals surface area contributed by atoms with Crippen molar-refractivity contribution in [3.05, 3.63) is 23.9 Å². The Morgan fingerprint density at radius 2 is 2.05 bits per heavy atom. The minimum absolute atomic E-state index is 0.448. The molecule has 5 nitrogen and oxygen atoms in total. The molecule has 0 saturated carbocycles. The summed E-state index contributed by atoms with van der Waals surface area (Å²) in [5.41, 5.74) is -1.06. The SMILES string of the molecule is CC1C(O)N(c2cc(C(F)(F)F)ccn2)C(=O)N1CC(F)F. The highest BCUT2D eigenvalue weighted by Crippen LogP contribution is 2.33. The molecule has 122 valence electrons. The van der Waals surface area contributed by atoms with E-state index in [1.165, 1.54) is 6.92 Å². The summed E-state index contributed by atoms with van der Waals surface area (Å²) in [6.45, 7) is 0.394. The fourth-order valence-corrected chi connectivity index (χ4v) is 2.16. The van der Waals surface area contributed by atoms with Crippen LogP contribution in [0.2, 0.25) is 0 Å². The normalized spacial score (nSPS) is 22.8. The molecule has 10 heteroatoms. The third kappa shape index (κ3) is 2.96. The Bertz CT molecular complexity index is 566. The summed E-state index contributed by atoms with van der Waals surface area (Å²) in [4.78, 5) is 16.9. The largest absolute Gasteiger partial charge is 0.416 e. The molecule has 22 heavy (non-hydrogen) atoms. The van der Waals surface area contributed by atoms with Gasteiger partial charge in [-0.3, -0.25) is 0 Å². The van der Waals surface area contributed by atoms with Crippen LogP contribution < -0.4 is 4.90 Å². The molecule has 1 aromatic heterocycles. The van der Waals surface area contributed by atoms with Gasteiger partial charge in [-0.25, -0.2) is 23.5 Å². The van der Waals surface area contributed by atoms with Crippen molar-refractivity contribution in [2.45, 2.75) is 31.8 Å². The topological polar surface area (TPSA) is 56.7 Å². The molecule has 0 radical (unpaired) electrons. The summed E-state index contributed by atoms with van der Waals surface area (Å²) in [5.74, 6) is -0.448. The first-order chi connectivity index (χ1) is 10.1. The molecule has 2 amide bonds. The zero-order valence-electron chi connectivity index (χ0n) is 11.3. The van der Waals surface area contributed by atoms with Gasteiger partial charge in [0.25, 0.3) is 6.43 Å². The van der Waals surface area contributed by atoms with Gasteiger partial charge in [-0.05, 0) is 19.1 Å². The van der Waals surface area contributed by atoms with E-state index in [1.54, 1.807) is 0 Å². The molecule has 0 spiro atoms. The number of aromatic nitrogens is 1. The van der Waals surface area contributed by atoms with Crippen LogP contribution in [0.4, 0.5) is 32.6 Å². The molecule has 0 aliphatic carbocycles. The van der Waals surface area contributed by atoms with E-state index in [1.807, 2.05) is 0 Å². The number of rotatable bonds is 3. The summed E-state index contributed by atoms with van der Waals surface area (Å²) in [6, 6.07) is -0.735. The number of alkyl halides is 5. The maximum atomic E-state index is 12.7. The third-order valence-corrected chi connectivity index (χ3v) is 3.29. The highest BCUT2D eigenvalue weighted by atomic mass is 19.4. The van der Waals surface area contributed by atoms with Gasteiger partial charge < -0.3 is 10.0 Å². The van der Waals surface area contributed by atoms with Crippen molar-refractivity contribution in [3.8, 4) is 0 Å². The number of aliphatic hydroxyl groups excluding tert-OH is 1. The van der Waals surface area contributed by atoms with Crippen LogP contribution in [0.15, 0.2) is 18.3 Å². The van der Waals surface area contributed by atoms with E-state index in [4.69, 9.17) is 0 Å². The molecule has 2 heterocycles. The number of nitrogens with zero attached hydrogens (tertiary/aromatic N) is 3. The van der Waals surface area contributed by atoms with E-state index in [2.05, 4.69) is 4.98 Å². The number of urea groups is 1. The van der Waals surface area contributed by atoms with Crippen molar-refractivity contribution in [2.75, 3.05) is 11.4 Å². The lowest BCUT2D eigenvalue weighted by Crippen LogP contribution is -2.37. The summed E-state index contributed by atoms with van der Waals surface area (Å²) in [6.07, 6.45) is -8.21. The summed E-state index contributed by atoms with van der Waals surface area (Å²) >= 11 is 0. The van der Waals surface area contributed by atoms with E-state index in [0.717, 1.165) is 6.20 Å². The fraction of sp³-hybridized carbons (Fsp3) is 0.500. The highest BCUT2D eigenvalue weighted by molar-refractivity contribution is 5.94. The number of carbonyl (C=O) groups is 1. The van der Waals surface area contributed by atoms with E-state index in [-0.39, 0.29) is 0 Å². The zero-order valence-corrected chi connectivity index (χ0v) is 11.3. The quantitative estimate of drug-likeness (QED) is 0.868. The number of pyridine rings is 1. The van der Waals surface area contributed by atoms with Crippen LogP contribution in [0.1, 0.15) is 12.5 Å². The second-order valence-corrected chi connectivity index (χ2v) is 4.75. The molecule has 1 N–H and O–H groups in total. The number of aliphatic hydroxyl groups is 1. The molecule has 1 aromatic rings. The van der Waals surface area contributed by atoms with Gasteiger partial charge in [0.15, 0.2) is 6.23 Å². The van der Waals surface area contributed by atoms with Crippen molar-refractivity contribution < 1.29 is 31.9 Å². The second kappa shape index (κ2) is 5.67. The second-order valence-electron chi connectivity index (χ2n) is 4.75. The smallest absolute Gasteiger partial charge is 0.371 e. The lowest BCUT2D eigenvalue weighted by atomic mass is 10.2. The van der Waals surface area contributed by atoms with Crippen LogP contribution >= 0.6 is 0 Å². The Kier molecular flexibility index (Phi) is 4.23. The Hall–Kier alpha value is -1.97. The predicted molar refractivity (Wildman–Crippen MR) is 65.3 cm³/mol. The molecule has 2 rings (SSSR count). The number of hydrogen-bond donors (Lipinski definition) is 1. The van der Waals surface area contributed by atoms with E-state index >= 15 is 0 Å². The molecule has 1 saturated heterocycles. The zero-order chi connectivity index (χ0) is 16.7. The minimum atomic E-state index is -4.65. The molecular formula is C12H12F5N3O2. The summed E-state index contributed by atoms with van der Waals surface area (Å²) in [7, 11) is 0. The summed E-state index contributed by atoms with van der Waals surface area (Å²) < 4.78 is 62.9. The first-order valence-electron chi connectivity index (χ1n) is 6.22. The predicted octanol–water partition coefficient (Wildman–Crippen LogP) is 2.31. The Balaban J connectivity index is 2.34. The van der Waals surface area contributed by atoms with Gasteiger partial charge in [0, 0.05) is 6.20 Å².